The van der Waals surface area contributed by atoms with Crippen molar-refractivity contribution in [1.82, 2.24) is 5.32 Å². The molecule has 0 spiro atoms. The standard InChI is InChI=1S/C20H20ClNO3S/c1-13(19(24)25)26-17-8-3-2-7-16(17)18(23)22-12-20(9-10-20)14-5-4-6-15(21)11-14/h2-8,11,13H,9-10,12H2,1H3,(H,22,23)(H,24,25). The van der Waals surface area contributed by atoms with Crippen LogP contribution in [0.3, 0.4) is 0 Å². The van der Waals surface area contributed by atoms with Crippen molar-refractivity contribution in [3.8, 4) is 0 Å². The topological polar surface area (TPSA) is 66.4 Å². The molecule has 0 bridgehead atoms. The van der Waals surface area contributed by atoms with Gasteiger partial charge in [-0.05, 0) is 49.6 Å². The molecule has 0 aliphatic heterocycles. The minimum absolute atomic E-state index is 0.0446. The molecule has 2 aromatic carbocycles. The third kappa shape index (κ3) is 4.22. The minimum atomic E-state index is -0.900. The van der Waals surface area contributed by atoms with Crippen LogP contribution in [0, 0.1) is 0 Å². The average molecular weight is 390 g/mol. The number of carbonyl (C=O) groups is 2. The maximum atomic E-state index is 12.7. The van der Waals surface area contributed by atoms with Gasteiger partial charge in [-0.1, -0.05) is 35.9 Å². The fourth-order valence-electron chi connectivity index (χ4n) is 2.88. The highest BCUT2D eigenvalue weighted by atomic mass is 35.5. The number of carboxylic acids is 1. The van der Waals surface area contributed by atoms with Crippen LogP contribution in [-0.2, 0) is 10.2 Å². The van der Waals surface area contributed by atoms with Crippen LogP contribution in [-0.4, -0.2) is 28.8 Å². The first-order chi connectivity index (χ1) is 12.4. The number of benzene rings is 2. The van der Waals surface area contributed by atoms with E-state index in [0.29, 0.717) is 22.0 Å². The number of carbonyl (C=O) groups excluding carboxylic acids is 1. The van der Waals surface area contributed by atoms with E-state index in [1.165, 1.54) is 11.8 Å². The van der Waals surface area contributed by atoms with Gasteiger partial charge in [0, 0.05) is 21.9 Å². The number of nitrogens with one attached hydrogen (secondary N) is 1. The maximum Gasteiger partial charge on any atom is 0.316 e. The molecule has 3 rings (SSSR count). The Bertz CT molecular complexity index is 835. The molecular formula is C20H20ClNO3S. The van der Waals surface area contributed by atoms with Crippen molar-refractivity contribution in [2.75, 3.05) is 6.54 Å². The Balaban J connectivity index is 1.70. The van der Waals surface area contributed by atoms with Crippen LogP contribution in [0.4, 0.5) is 0 Å². The second-order valence-electron chi connectivity index (χ2n) is 6.57. The van der Waals surface area contributed by atoms with Gasteiger partial charge in [0.2, 0.25) is 0 Å². The van der Waals surface area contributed by atoms with E-state index in [1.54, 1.807) is 25.1 Å². The molecule has 0 heterocycles. The van der Waals surface area contributed by atoms with E-state index in [0.717, 1.165) is 18.4 Å². The van der Waals surface area contributed by atoms with Gasteiger partial charge >= 0.3 is 5.97 Å². The van der Waals surface area contributed by atoms with Crippen LogP contribution >= 0.6 is 23.4 Å². The Morgan fingerprint density at radius 1 is 1.23 bits per heavy atom. The van der Waals surface area contributed by atoms with Crippen molar-refractivity contribution >= 4 is 35.2 Å². The fourth-order valence-corrected chi connectivity index (χ4v) is 4.00. The molecule has 1 amide bonds. The molecule has 1 unspecified atom stereocenters. The number of amides is 1. The van der Waals surface area contributed by atoms with Crippen LogP contribution in [0.1, 0.15) is 35.7 Å². The van der Waals surface area contributed by atoms with E-state index in [2.05, 4.69) is 5.32 Å². The Morgan fingerprint density at radius 2 is 1.96 bits per heavy atom. The van der Waals surface area contributed by atoms with Gasteiger partial charge in [-0.25, -0.2) is 0 Å². The summed E-state index contributed by atoms with van der Waals surface area (Å²) in [5.41, 5.74) is 1.61. The van der Waals surface area contributed by atoms with E-state index in [-0.39, 0.29) is 11.3 Å². The summed E-state index contributed by atoms with van der Waals surface area (Å²) in [6, 6.07) is 14.9. The molecule has 0 saturated heterocycles. The first-order valence-corrected chi connectivity index (χ1v) is 9.70. The lowest BCUT2D eigenvalue weighted by Crippen LogP contribution is -2.32. The first kappa shape index (κ1) is 18.8. The summed E-state index contributed by atoms with van der Waals surface area (Å²) in [4.78, 5) is 24.5. The molecule has 2 aromatic rings. The van der Waals surface area contributed by atoms with Crippen molar-refractivity contribution in [3.05, 3.63) is 64.7 Å². The number of rotatable bonds is 7. The van der Waals surface area contributed by atoms with Crippen molar-refractivity contribution in [1.29, 1.82) is 0 Å². The molecule has 1 atom stereocenters. The summed E-state index contributed by atoms with van der Waals surface area (Å²) in [5, 5.41) is 12.2. The van der Waals surface area contributed by atoms with Gasteiger partial charge in [-0.15, -0.1) is 11.8 Å². The molecule has 1 aliphatic carbocycles. The molecule has 0 radical (unpaired) electrons. The normalized spacial score (nSPS) is 15.9. The van der Waals surface area contributed by atoms with Gasteiger partial charge in [0.15, 0.2) is 0 Å². The zero-order valence-electron chi connectivity index (χ0n) is 14.4. The highest BCUT2D eigenvalue weighted by molar-refractivity contribution is 8.00. The van der Waals surface area contributed by atoms with Crippen LogP contribution < -0.4 is 5.32 Å². The van der Waals surface area contributed by atoms with Gasteiger partial charge in [0.1, 0.15) is 5.25 Å². The zero-order valence-corrected chi connectivity index (χ0v) is 15.9. The molecule has 136 valence electrons. The monoisotopic (exact) mass is 389 g/mol. The Hall–Kier alpha value is -1.98. The molecule has 26 heavy (non-hydrogen) atoms. The summed E-state index contributed by atoms with van der Waals surface area (Å²) in [6.45, 7) is 2.15. The van der Waals surface area contributed by atoms with Crippen LogP contribution in [0.25, 0.3) is 0 Å². The summed E-state index contributed by atoms with van der Waals surface area (Å²) in [5.74, 6) is -1.08. The SMILES string of the molecule is CC(Sc1ccccc1C(=O)NCC1(c2cccc(Cl)c2)CC1)C(=O)O. The molecule has 1 fully saturated rings. The van der Waals surface area contributed by atoms with Crippen molar-refractivity contribution in [2.24, 2.45) is 0 Å². The van der Waals surface area contributed by atoms with Gasteiger partial charge in [0.05, 0.1) is 5.56 Å². The highest BCUT2D eigenvalue weighted by Crippen LogP contribution is 2.48. The van der Waals surface area contributed by atoms with Crippen molar-refractivity contribution in [2.45, 2.75) is 35.3 Å². The molecule has 0 aromatic heterocycles. The lowest BCUT2D eigenvalue weighted by atomic mass is 9.96. The Kier molecular flexibility index (Phi) is 5.58. The third-order valence-corrected chi connectivity index (χ3v) is 6.06. The molecule has 4 nitrogen and oxygen atoms in total. The Morgan fingerprint density at radius 3 is 2.62 bits per heavy atom. The zero-order chi connectivity index (χ0) is 18.7. The molecule has 1 aliphatic rings. The lowest BCUT2D eigenvalue weighted by molar-refractivity contribution is -0.136. The Labute approximate surface area is 161 Å². The van der Waals surface area contributed by atoms with Crippen LogP contribution in [0.15, 0.2) is 53.4 Å². The van der Waals surface area contributed by atoms with Gasteiger partial charge in [-0.3, -0.25) is 9.59 Å². The van der Waals surface area contributed by atoms with Crippen molar-refractivity contribution < 1.29 is 14.7 Å². The predicted octanol–water partition coefficient (Wildman–Crippen LogP) is 4.37. The highest BCUT2D eigenvalue weighted by Gasteiger charge is 2.44. The summed E-state index contributed by atoms with van der Waals surface area (Å²) in [6.07, 6.45) is 2.03. The van der Waals surface area contributed by atoms with E-state index in [4.69, 9.17) is 16.7 Å². The summed E-state index contributed by atoms with van der Waals surface area (Å²) < 4.78 is 0. The van der Waals surface area contributed by atoms with Crippen LogP contribution in [0.2, 0.25) is 5.02 Å². The van der Waals surface area contributed by atoms with Gasteiger partial charge in [-0.2, -0.15) is 0 Å². The largest absolute Gasteiger partial charge is 0.480 e. The maximum absolute atomic E-state index is 12.7. The number of hydrogen-bond donors (Lipinski definition) is 2. The second-order valence-corrected chi connectivity index (χ2v) is 8.39. The van der Waals surface area contributed by atoms with Gasteiger partial charge in [0.25, 0.3) is 5.91 Å². The van der Waals surface area contributed by atoms with E-state index in [9.17, 15) is 9.59 Å². The smallest absolute Gasteiger partial charge is 0.316 e. The number of hydrogen-bond acceptors (Lipinski definition) is 3. The predicted molar refractivity (Wildman–Crippen MR) is 104 cm³/mol. The molecule has 1 saturated carbocycles. The van der Waals surface area contributed by atoms with Crippen molar-refractivity contribution in [3.63, 3.8) is 0 Å². The third-order valence-electron chi connectivity index (χ3n) is 4.66. The fraction of sp³-hybridized carbons (Fsp3) is 0.300. The van der Waals surface area contributed by atoms with Crippen LogP contribution in [0.5, 0.6) is 0 Å². The van der Waals surface area contributed by atoms with Gasteiger partial charge < -0.3 is 10.4 Å². The number of halogens is 1. The number of aliphatic carboxylic acids is 1. The van der Waals surface area contributed by atoms with E-state index >= 15 is 0 Å². The number of thioether (sulfide) groups is 1. The lowest BCUT2D eigenvalue weighted by Gasteiger charge is -2.18. The molecular weight excluding hydrogens is 370 g/mol. The van der Waals surface area contributed by atoms with E-state index < -0.39 is 11.2 Å². The number of carboxylic acid groups (broad SMARTS) is 1. The quantitative estimate of drug-likeness (QED) is 0.690. The average Bonchev–Trinajstić information content (AvgIpc) is 3.41. The second kappa shape index (κ2) is 7.72. The minimum Gasteiger partial charge on any atom is -0.480 e. The summed E-state index contributed by atoms with van der Waals surface area (Å²) in [7, 11) is 0. The molecule has 6 heteroatoms. The van der Waals surface area contributed by atoms with E-state index in [1.807, 2.05) is 30.3 Å². The first-order valence-electron chi connectivity index (χ1n) is 8.44. The molecule has 2 N–H and O–H groups in total. The summed E-state index contributed by atoms with van der Waals surface area (Å²) >= 11 is 7.27.